The summed E-state index contributed by atoms with van der Waals surface area (Å²) in [5, 5.41) is 6.54. The fraction of sp³-hybridized carbons (Fsp3) is 0.650. The molecule has 0 bridgehead atoms. The highest BCUT2D eigenvalue weighted by molar-refractivity contribution is 5.85. The molecular formula is C20H31ClN2O. The average Bonchev–Trinajstić information content (AvgIpc) is 3.21. The molecule has 3 rings (SSSR count). The Bertz CT molecular complexity index is 556. The van der Waals surface area contributed by atoms with Crippen molar-refractivity contribution in [3.05, 3.63) is 35.4 Å². The van der Waals surface area contributed by atoms with E-state index in [1.165, 1.54) is 24.0 Å². The highest BCUT2D eigenvalue weighted by atomic mass is 35.5. The van der Waals surface area contributed by atoms with E-state index in [1.807, 2.05) is 0 Å². The molecule has 24 heavy (non-hydrogen) atoms. The average molecular weight is 351 g/mol. The summed E-state index contributed by atoms with van der Waals surface area (Å²) in [7, 11) is 0. The Kier molecular flexibility index (Phi) is 5.98. The number of halogens is 1. The molecule has 4 heteroatoms. The van der Waals surface area contributed by atoms with E-state index < -0.39 is 0 Å². The monoisotopic (exact) mass is 350 g/mol. The molecule has 1 atom stereocenters. The molecule has 1 aromatic carbocycles. The number of nitrogens with one attached hydrogen (secondary N) is 2. The Balaban J connectivity index is 0.00000208. The summed E-state index contributed by atoms with van der Waals surface area (Å²) in [5.41, 5.74) is 3.19. The van der Waals surface area contributed by atoms with Gasteiger partial charge in [0.05, 0.1) is 0 Å². The Morgan fingerprint density at radius 2 is 1.83 bits per heavy atom. The van der Waals surface area contributed by atoms with E-state index in [0.717, 1.165) is 32.5 Å². The van der Waals surface area contributed by atoms with Crippen LogP contribution in [0.2, 0.25) is 0 Å². The summed E-state index contributed by atoms with van der Waals surface area (Å²) in [6.45, 7) is 9.59. The molecule has 1 spiro atoms. The summed E-state index contributed by atoms with van der Waals surface area (Å²) < 4.78 is 0. The normalized spacial score (nSPS) is 21.9. The van der Waals surface area contributed by atoms with Gasteiger partial charge >= 0.3 is 0 Å². The van der Waals surface area contributed by atoms with Crippen LogP contribution in [0.4, 0.5) is 0 Å². The number of rotatable bonds is 4. The first-order valence-corrected chi connectivity index (χ1v) is 8.99. The second-order valence-corrected chi connectivity index (χ2v) is 8.36. The molecule has 1 aliphatic carbocycles. The fourth-order valence-electron chi connectivity index (χ4n) is 3.82. The Morgan fingerprint density at radius 3 is 2.42 bits per heavy atom. The van der Waals surface area contributed by atoms with Crippen LogP contribution >= 0.6 is 12.4 Å². The number of carbonyl (C=O) groups excluding carboxylic acids is 1. The van der Waals surface area contributed by atoms with Crippen molar-refractivity contribution in [2.45, 2.75) is 51.9 Å². The van der Waals surface area contributed by atoms with E-state index in [1.54, 1.807) is 0 Å². The van der Waals surface area contributed by atoms with E-state index in [9.17, 15) is 4.79 Å². The quantitative estimate of drug-likeness (QED) is 0.873. The maximum Gasteiger partial charge on any atom is 0.223 e. The Labute approximate surface area is 152 Å². The van der Waals surface area contributed by atoms with Crippen molar-refractivity contribution in [2.75, 3.05) is 19.6 Å². The molecule has 2 aliphatic rings. The van der Waals surface area contributed by atoms with Crippen LogP contribution in [-0.4, -0.2) is 25.5 Å². The van der Waals surface area contributed by atoms with E-state index in [2.05, 4.69) is 55.7 Å². The highest BCUT2D eigenvalue weighted by Crippen LogP contribution is 2.58. The largest absolute Gasteiger partial charge is 0.356 e. The first-order chi connectivity index (χ1) is 10.9. The lowest BCUT2D eigenvalue weighted by Crippen LogP contribution is -2.34. The molecule has 0 aromatic heterocycles. The SMILES string of the molecule is CC(C)(C)c1ccc(CCNC(=O)C2CC23CCNCC3)cc1.Cl. The van der Waals surface area contributed by atoms with Crippen LogP contribution in [0.3, 0.4) is 0 Å². The van der Waals surface area contributed by atoms with Gasteiger partial charge in [0.15, 0.2) is 0 Å². The van der Waals surface area contributed by atoms with E-state index in [0.29, 0.717) is 5.41 Å². The van der Waals surface area contributed by atoms with E-state index in [4.69, 9.17) is 0 Å². The molecule has 134 valence electrons. The lowest BCUT2D eigenvalue weighted by molar-refractivity contribution is -0.123. The third-order valence-corrected chi connectivity index (χ3v) is 5.64. The van der Waals surface area contributed by atoms with Crippen LogP contribution in [0.15, 0.2) is 24.3 Å². The Morgan fingerprint density at radius 1 is 1.21 bits per heavy atom. The topological polar surface area (TPSA) is 41.1 Å². The number of carbonyl (C=O) groups is 1. The number of piperidine rings is 1. The van der Waals surface area contributed by atoms with Gasteiger partial charge < -0.3 is 10.6 Å². The molecule has 1 amide bonds. The maximum atomic E-state index is 12.3. The summed E-state index contributed by atoms with van der Waals surface area (Å²) >= 11 is 0. The number of amides is 1. The minimum absolute atomic E-state index is 0. The van der Waals surface area contributed by atoms with Gasteiger partial charge in [0, 0.05) is 12.5 Å². The van der Waals surface area contributed by atoms with Crippen molar-refractivity contribution in [1.29, 1.82) is 0 Å². The van der Waals surface area contributed by atoms with E-state index in [-0.39, 0.29) is 29.6 Å². The van der Waals surface area contributed by atoms with Crippen LogP contribution in [0, 0.1) is 11.3 Å². The second-order valence-electron chi connectivity index (χ2n) is 8.36. The van der Waals surface area contributed by atoms with Gasteiger partial charge in [0.2, 0.25) is 5.91 Å². The molecule has 3 nitrogen and oxygen atoms in total. The molecule has 1 unspecified atom stereocenters. The van der Waals surface area contributed by atoms with Crippen LogP contribution in [-0.2, 0) is 16.6 Å². The first-order valence-electron chi connectivity index (χ1n) is 8.99. The summed E-state index contributed by atoms with van der Waals surface area (Å²) in [4.78, 5) is 12.3. The lowest BCUT2D eigenvalue weighted by Gasteiger charge is -2.23. The fourth-order valence-corrected chi connectivity index (χ4v) is 3.82. The third-order valence-electron chi connectivity index (χ3n) is 5.64. The summed E-state index contributed by atoms with van der Waals surface area (Å²) in [5.74, 6) is 0.547. The van der Waals surface area contributed by atoms with Crippen molar-refractivity contribution in [3.8, 4) is 0 Å². The van der Waals surface area contributed by atoms with Gasteiger partial charge in [-0.2, -0.15) is 0 Å². The van der Waals surface area contributed by atoms with Gasteiger partial charge in [-0.1, -0.05) is 45.0 Å². The summed E-state index contributed by atoms with van der Waals surface area (Å²) in [6, 6.07) is 8.81. The number of benzene rings is 1. The van der Waals surface area contributed by atoms with Crippen LogP contribution < -0.4 is 10.6 Å². The number of hydrogen-bond donors (Lipinski definition) is 2. The lowest BCUT2D eigenvalue weighted by atomic mass is 9.86. The molecular weight excluding hydrogens is 320 g/mol. The predicted molar refractivity (Wildman–Crippen MR) is 102 cm³/mol. The molecule has 2 N–H and O–H groups in total. The second kappa shape index (κ2) is 7.45. The number of hydrogen-bond acceptors (Lipinski definition) is 2. The van der Waals surface area contributed by atoms with Gasteiger partial charge in [-0.15, -0.1) is 12.4 Å². The van der Waals surface area contributed by atoms with Gasteiger partial charge in [-0.3, -0.25) is 4.79 Å². The molecule has 1 saturated carbocycles. The predicted octanol–water partition coefficient (Wildman–Crippen LogP) is 3.45. The summed E-state index contributed by atoms with van der Waals surface area (Å²) in [6.07, 6.45) is 4.34. The first kappa shape index (κ1) is 19.3. The van der Waals surface area contributed by atoms with E-state index >= 15 is 0 Å². The smallest absolute Gasteiger partial charge is 0.223 e. The molecule has 1 aliphatic heterocycles. The zero-order chi connectivity index (χ0) is 16.5. The maximum absolute atomic E-state index is 12.3. The third kappa shape index (κ3) is 4.31. The molecule has 1 aromatic rings. The van der Waals surface area contributed by atoms with Crippen molar-refractivity contribution in [3.63, 3.8) is 0 Å². The minimum Gasteiger partial charge on any atom is -0.356 e. The van der Waals surface area contributed by atoms with Gasteiger partial charge in [-0.25, -0.2) is 0 Å². The molecule has 1 saturated heterocycles. The molecule has 1 heterocycles. The van der Waals surface area contributed by atoms with Gasteiger partial charge in [0.25, 0.3) is 0 Å². The molecule has 2 fully saturated rings. The van der Waals surface area contributed by atoms with Gasteiger partial charge in [-0.05, 0) is 60.7 Å². The standard InChI is InChI=1S/C20H30N2O.ClH/c1-19(2,3)16-6-4-15(5-7-16)8-11-22-18(23)17-14-20(17)9-12-21-13-10-20;/h4-7,17,21H,8-14H2,1-3H3,(H,22,23);1H. The van der Waals surface area contributed by atoms with Crippen LogP contribution in [0.25, 0.3) is 0 Å². The van der Waals surface area contributed by atoms with Crippen molar-refractivity contribution in [2.24, 2.45) is 11.3 Å². The minimum atomic E-state index is 0. The van der Waals surface area contributed by atoms with Gasteiger partial charge in [0.1, 0.15) is 0 Å². The van der Waals surface area contributed by atoms with Crippen molar-refractivity contribution in [1.82, 2.24) is 10.6 Å². The zero-order valence-corrected chi connectivity index (χ0v) is 16.0. The van der Waals surface area contributed by atoms with Crippen LogP contribution in [0.5, 0.6) is 0 Å². The molecule has 0 radical (unpaired) electrons. The zero-order valence-electron chi connectivity index (χ0n) is 15.2. The highest BCUT2D eigenvalue weighted by Gasteiger charge is 2.57. The Hall–Kier alpha value is -1.06. The van der Waals surface area contributed by atoms with Crippen molar-refractivity contribution >= 4 is 18.3 Å². The van der Waals surface area contributed by atoms with Crippen molar-refractivity contribution < 1.29 is 4.79 Å². The van der Waals surface area contributed by atoms with Crippen LogP contribution in [0.1, 0.15) is 51.2 Å².